The summed E-state index contributed by atoms with van der Waals surface area (Å²) in [6, 6.07) is 0. The summed E-state index contributed by atoms with van der Waals surface area (Å²) >= 11 is 0. The fourth-order valence-electron chi connectivity index (χ4n) is 11.7. The predicted molar refractivity (Wildman–Crippen MR) is 454 cm³/mol. The highest BCUT2D eigenvalue weighted by Gasteiger charge is 2.29. The molecule has 0 fully saturated rings. The van der Waals surface area contributed by atoms with Crippen LogP contribution in [0.2, 0.25) is 0 Å². The van der Waals surface area contributed by atoms with Crippen molar-refractivity contribution in [3.8, 4) is 0 Å². The number of aliphatic hydroxyl groups excluding tert-OH is 2. The number of aliphatic hydroxyl groups is 2. The van der Waals surface area contributed by atoms with E-state index in [0.29, 0.717) is 19.3 Å². The number of hydrogen-bond acceptors (Lipinski definition) is 14. The van der Waals surface area contributed by atoms with Crippen LogP contribution < -0.4 is 0 Å². The second-order valence-corrected chi connectivity index (χ2v) is 31.9. The molecule has 0 aromatic heterocycles. The van der Waals surface area contributed by atoms with Crippen molar-refractivity contribution < 1.29 is 75.8 Å². The van der Waals surface area contributed by atoms with Crippen molar-refractivity contribution in [2.75, 3.05) is 39.6 Å². The molecule has 16 nitrogen and oxygen atoms in total. The van der Waals surface area contributed by atoms with Crippen molar-refractivity contribution in [1.29, 1.82) is 0 Å². The number of carbonyl (C=O) groups is 3. The van der Waals surface area contributed by atoms with Gasteiger partial charge in [0.2, 0.25) is 0 Å². The Labute approximate surface area is 665 Å². The molecule has 0 amide bonds. The fraction of sp³-hybridized carbons (Fsp3) is 0.725. The van der Waals surface area contributed by atoms with Crippen molar-refractivity contribution >= 4 is 33.6 Å². The molecule has 0 heterocycles. The third kappa shape index (κ3) is 84.4. The highest BCUT2D eigenvalue weighted by Crippen LogP contribution is 2.45. The molecule has 18 heteroatoms. The van der Waals surface area contributed by atoms with E-state index in [1.165, 1.54) is 154 Å². The van der Waals surface area contributed by atoms with Crippen LogP contribution >= 0.6 is 15.6 Å². The lowest BCUT2D eigenvalue weighted by atomic mass is 10.0. The van der Waals surface area contributed by atoms with Gasteiger partial charge in [0.25, 0.3) is 0 Å². The fourth-order valence-corrected chi connectivity index (χ4v) is 13.3. The van der Waals surface area contributed by atoms with Crippen LogP contribution in [0.3, 0.4) is 0 Å². The van der Waals surface area contributed by atoms with Gasteiger partial charge in [-0.1, -0.05) is 341 Å². The third-order valence-electron chi connectivity index (χ3n) is 18.3. The molecule has 5 unspecified atom stereocenters. The Bertz CT molecular complexity index is 2510. The Morgan fingerprint density at radius 2 is 0.486 bits per heavy atom. The first-order valence-corrected chi connectivity index (χ1v) is 46.5. The average molecular weight is 1570 g/mol. The smallest absolute Gasteiger partial charge is 0.463 e. The van der Waals surface area contributed by atoms with Crippen LogP contribution in [0.4, 0.5) is 0 Å². The second-order valence-electron chi connectivity index (χ2n) is 29.0. The van der Waals surface area contributed by atoms with Gasteiger partial charge in [0, 0.05) is 19.3 Å². The number of unbranched alkanes of at least 4 members (excludes halogenated alkanes) is 37. The van der Waals surface area contributed by atoms with Crippen molar-refractivity contribution in [2.45, 2.75) is 386 Å². The van der Waals surface area contributed by atoms with E-state index in [2.05, 4.69) is 154 Å². The SMILES string of the molecule is CC/C=C\C/C=C\C/C=C\C/C=C\C/C=C\C/C=C\CCCCCCCCC(=O)OCC(COP(=O)(O)OCC(O)COP(=O)(O)OCC(O)COC(=O)CCCCCCCCCCCCCCCCCCCCC/C=C\C/C=C\C/C=C\C/C=C\CCCCC)OC(=O)CCCCCCC/C=C\CCCCCC. The van der Waals surface area contributed by atoms with Crippen LogP contribution in [0, 0.1) is 0 Å². The molecule has 0 aliphatic rings. The monoisotopic (exact) mass is 1570 g/mol. The topological polar surface area (TPSA) is 231 Å². The standard InChI is InChI=1S/C91H158O16P2/c1-4-7-10-13-16-19-22-25-27-29-31-33-35-37-38-39-40-41-42-43-44-45-46-48-50-51-53-55-57-60-62-65-68-71-74-77-89(94)101-80-86(92)81-103-108(97,98)104-82-87(93)83-105-109(99,100)106-85-88(107-91(96)79-76-73-70-67-64-59-24-21-18-15-12-9-6-3)84-102-90(95)78-75-72-69-66-63-61-58-56-54-52-49-47-36-34-32-30-28-26-23-20-17-14-11-8-5-2/h8,11,16-17,19-21,24-28,31-34,37-38,47,49,54,56,86-88,92-93H,4-7,9-10,12-15,18,22-23,29-30,35-36,39-46,48,50-53,55,57-85H2,1-3H3,(H,97,98)(H,99,100)/b11-8-,19-16-,20-17-,24-21-,27-25-,28-26-,33-31-,34-32-,38-37-,49-47-,56-54-. The van der Waals surface area contributed by atoms with Gasteiger partial charge in [0.15, 0.2) is 6.10 Å². The van der Waals surface area contributed by atoms with E-state index in [1.54, 1.807) is 0 Å². The van der Waals surface area contributed by atoms with E-state index in [1.807, 2.05) is 0 Å². The Balaban J connectivity index is 4.40. The summed E-state index contributed by atoms with van der Waals surface area (Å²) < 4.78 is 61.2. The van der Waals surface area contributed by atoms with Gasteiger partial charge in [-0.3, -0.25) is 32.5 Å². The Morgan fingerprint density at radius 1 is 0.266 bits per heavy atom. The lowest BCUT2D eigenvalue weighted by molar-refractivity contribution is -0.161. The predicted octanol–water partition coefficient (Wildman–Crippen LogP) is 26.2. The van der Waals surface area contributed by atoms with Crippen molar-refractivity contribution in [3.05, 3.63) is 134 Å². The zero-order valence-electron chi connectivity index (χ0n) is 68.9. The maximum Gasteiger partial charge on any atom is 0.472 e. The Morgan fingerprint density at radius 3 is 0.798 bits per heavy atom. The molecule has 0 aliphatic carbocycles. The summed E-state index contributed by atoms with van der Waals surface area (Å²) in [5.74, 6) is -1.59. The average Bonchev–Trinajstić information content (AvgIpc) is 0.903. The molecule has 0 bridgehead atoms. The van der Waals surface area contributed by atoms with Crippen LogP contribution in [0.15, 0.2) is 134 Å². The Hall–Kier alpha value is -4.31. The van der Waals surface area contributed by atoms with Gasteiger partial charge in [-0.15, -0.1) is 0 Å². The summed E-state index contributed by atoms with van der Waals surface area (Å²) in [4.78, 5) is 58.7. The maximum atomic E-state index is 13.0. The second kappa shape index (κ2) is 83.1. The number of carbonyl (C=O) groups excluding carboxylic acids is 3. The van der Waals surface area contributed by atoms with Gasteiger partial charge in [0.1, 0.15) is 25.4 Å². The number of rotatable bonds is 82. The first kappa shape index (κ1) is 105. The van der Waals surface area contributed by atoms with Gasteiger partial charge in [-0.25, -0.2) is 9.13 Å². The first-order valence-electron chi connectivity index (χ1n) is 43.5. The number of phosphoric acid groups is 2. The number of phosphoric ester groups is 2. The highest BCUT2D eigenvalue weighted by molar-refractivity contribution is 7.47. The summed E-state index contributed by atoms with van der Waals surface area (Å²) in [6.45, 7) is 2.53. The van der Waals surface area contributed by atoms with E-state index >= 15 is 0 Å². The van der Waals surface area contributed by atoms with Crippen molar-refractivity contribution in [1.82, 2.24) is 0 Å². The highest BCUT2D eigenvalue weighted by atomic mass is 31.2. The van der Waals surface area contributed by atoms with E-state index in [9.17, 15) is 43.5 Å². The molecule has 0 spiro atoms. The number of allylic oxidation sites excluding steroid dienone is 22. The summed E-state index contributed by atoms with van der Waals surface area (Å²) in [6.07, 6.45) is 102. The van der Waals surface area contributed by atoms with Gasteiger partial charge in [-0.2, -0.15) is 0 Å². The van der Waals surface area contributed by atoms with Crippen LogP contribution in [-0.2, 0) is 55.8 Å². The van der Waals surface area contributed by atoms with Gasteiger partial charge >= 0.3 is 33.6 Å². The van der Waals surface area contributed by atoms with Gasteiger partial charge in [0.05, 0.1) is 26.4 Å². The van der Waals surface area contributed by atoms with Crippen LogP contribution in [0.25, 0.3) is 0 Å². The molecule has 0 aromatic carbocycles. The molecule has 0 saturated heterocycles. The molecule has 109 heavy (non-hydrogen) atoms. The minimum atomic E-state index is -4.94. The summed E-state index contributed by atoms with van der Waals surface area (Å²) in [5, 5.41) is 20.7. The minimum absolute atomic E-state index is 0.0890. The minimum Gasteiger partial charge on any atom is -0.463 e. The van der Waals surface area contributed by atoms with E-state index in [0.717, 1.165) is 154 Å². The van der Waals surface area contributed by atoms with Crippen LogP contribution in [-0.4, -0.2) is 95.9 Å². The molecule has 5 atom stereocenters. The van der Waals surface area contributed by atoms with E-state index in [-0.39, 0.29) is 19.3 Å². The maximum absolute atomic E-state index is 13.0. The largest absolute Gasteiger partial charge is 0.472 e. The van der Waals surface area contributed by atoms with Crippen molar-refractivity contribution in [2.24, 2.45) is 0 Å². The number of ether oxygens (including phenoxy) is 3. The molecule has 0 aliphatic heterocycles. The van der Waals surface area contributed by atoms with Crippen LogP contribution in [0.1, 0.15) is 367 Å². The number of esters is 3. The molecule has 0 radical (unpaired) electrons. The zero-order chi connectivity index (χ0) is 79.4. The molecule has 4 N–H and O–H groups in total. The van der Waals surface area contributed by atoms with E-state index in [4.69, 9.17) is 32.3 Å². The lowest BCUT2D eigenvalue weighted by Crippen LogP contribution is -2.30. The first-order chi connectivity index (χ1) is 53.2. The molecule has 0 saturated carbocycles. The quantitative estimate of drug-likeness (QED) is 0.0146. The Kier molecular flexibility index (Phi) is 79.8. The lowest BCUT2D eigenvalue weighted by Gasteiger charge is -2.21. The normalized spacial score (nSPS) is 14.5. The summed E-state index contributed by atoms with van der Waals surface area (Å²) in [5.41, 5.74) is 0. The van der Waals surface area contributed by atoms with Gasteiger partial charge in [-0.05, 0) is 141 Å². The third-order valence-corrected chi connectivity index (χ3v) is 20.2. The number of hydrogen-bond donors (Lipinski definition) is 4. The molecule has 628 valence electrons. The molecule has 0 aromatic rings. The molecular weight excluding hydrogens is 1410 g/mol. The zero-order valence-corrected chi connectivity index (χ0v) is 70.7. The van der Waals surface area contributed by atoms with E-state index < -0.39 is 91.5 Å². The van der Waals surface area contributed by atoms with Crippen LogP contribution in [0.5, 0.6) is 0 Å². The summed E-state index contributed by atoms with van der Waals surface area (Å²) in [7, 11) is -9.80. The molecule has 0 rings (SSSR count). The van der Waals surface area contributed by atoms with Crippen molar-refractivity contribution in [3.63, 3.8) is 0 Å². The van der Waals surface area contributed by atoms with Gasteiger partial charge < -0.3 is 34.2 Å². The molecular formula is C91H158O16P2.